The monoisotopic (exact) mass is 351 g/mol. The van der Waals surface area contributed by atoms with E-state index in [-0.39, 0.29) is 4.90 Å². The first-order valence-electron chi connectivity index (χ1n) is 8.13. The number of hydrogen-bond acceptors (Lipinski definition) is 4. The van der Waals surface area contributed by atoms with Crippen LogP contribution in [0.3, 0.4) is 0 Å². The fraction of sp³-hybridized carbons (Fsp3) is 0.158. The van der Waals surface area contributed by atoms with Crippen molar-refractivity contribution in [2.75, 3.05) is 4.72 Å². The molecule has 5 nitrogen and oxygen atoms in total. The number of benzene rings is 2. The van der Waals surface area contributed by atoms with Gasteiger partial charge in [-0.05, 0) is 42.2 Å². The first-order chi connectivity index (χ1) is 12.1. The molecule has 1 heterocycles. The number of rotatable bonds is 5. The predicted octanol–water partition coefficient (Wildman–Crippen LogP) is 3.82. The second kappa shape index (κ2) is 6.29. The van der Waals surface area contributed by atoms with Crippen LogP contribution in [0.4, 0.5) is 5.82 Å². The number of nitrogens with one attached hydrogen (secondary N) is 1. The van der Waals surface area contributed by atoms with Crippen molar-refractivity contribution in [1.29, 1.82) is 0 Å². The van der Waals surface area contributed by atoms with E-state index < -0.39 is 10.0 Å². The first kappa shape index (κ1) is 15.8. The smallest absolute Gasteiger partial charge is 0.263 e. The van der Waals surface area contributed by atoms with Crippen molar-refractivity contribution in [3.8, 4) is 11.1 Å². The largest absolute Gasteiger partial charge is 0.263 e. The molecule has 1 aromatic heterocycles. The number of nitrogens with zero attached hydrogens (tertiary/aromatic N) is 2. The van der Waals surface area contributed by atoms with Crippen molar-refractivity contribution >= 4 is 15.8 Å². The zero-order chi connectivity index (χ0) is 17.3. The lowest BCUT2D eigenvalue weighted by atomic mass is 10.1. The molecule has 25 heavy (non-hydrogen) atoms. The number of sulfonamides is 1. The quantitative estimate of drug-likeness (QED) is 0.758. The lowest BCUT2D eigenvalue weighted by molar-refractivity contribution is 0.601. The summed E-state index contributed by atoms with van der Waals surface area (Å²) in [6.45, 7) is 0. The lowest BCUT2D eigenvalue weighted by Gasteiger charge is -2.09. The molecule has 1 fully saturated rings. The summed E-state index contributed by atoms with van der Waals surface area (Å²) in [6.07, 6.45) is 3.73. The van der Waals surface area contributed by atoms with E-state index in [1.807, 2.05) is 30.3 Å². The summed E-state index contributed by atoms with van der Waals surface area (Å²) < 4.78 is 27.7. The zero-order valence-electron chi connectivity index (χ0n) is 13.5. The van der Waals surface area contributed by atoms with Gasteiger partial charge in [-0.25, -0.2) is 18.4 Å². The van der Waals surface area contributed by atoms with Crippen LogP contribution in [0.15, 0.2) is 71.8 Å². The first-order valence-corrected chi connectivity index (χ1v) is 9.61. The third-order valence-electron chi connectivity index (χ3n) is 4.13. The average Bonchev–Trinajstić information content (AvgIpc) is 3.48. The summed E-state index contributed by atoms with van der Waals surface area (Å²) >= 11 is 0. The standard InChI is InChI=1S/C19H17N3O2S/c23-25(24,22-18-12-13-20-19(21-18)16-6-7-16)17-10-8-15(9-11-17)14-4-2-1-3-5-14/h1-5,8-13,16H,6-7H2,(H,20,21,22). The van der Waals surface area contributed by atoms with Crippen LogP contribution < -0.4 is 4.72 Å². The number of aromatic nitrogens is 2. The summed E-state index contributed by atoms with van der Waals surface area (Å²) in [4.78, 5) is 8.72. The van der Waals surface area contributed by atoms with E-state index >= 15 is 0 Å². The fourth-order valence-corrected chi connectivity index (χ4v) is 3.62. The van der Waals surface area contributed by atoms with E-state index in [1.54, 1.807) is 36.5 Å². The molecular weight excluding hydrogens is 334 g/mol. The molecule has 2 aromatic carbocycles. The van der Waals surface area contributed by atoms with Crippen molar-refractivity contribution in [1.82, 2.24) is 9.97 Å². The molecule has 1 saturated carbocycles. The highest BCUT2D eigenvalue weighted by Gasteiger charge is 2.27. The van der Waals surface area contributed by atoms with Crippen LogP contribution in [0.25, 0.3) is 11.1 Å². The van der Waals surface area contributed by atoms with Crippen molar-refractivity contribution in [2.24, 2.45) is 0 Å². The van der Waals surface area contributed by atoms with Gasteiger partial charge in [0, 0.05) is 12.1 Å². The van der Waals surface area contributed by atoms with Crippen molar-refractivity contribution in [2.45, 2.75) is 23.7 Å². The molecule has 1 aliphatic carbocycles. The molecule has 0 saturated heterocycles. The van der Waals surface area contributed by atoms with Crippen LogP contribution in [-0.2, 0) is 10.0 Å². The Bertz CT molecular complexity index is 983. The Labute approximate surface area is 146 Å². The number of hydrogen-bond donors (Lipinski definition) is 1. The van der Waals surface area contributed by atoms with Crippen molar-refractivity contribution < 1.29 is 8.42 Å². The lowest BCUT2D eigenvalue weighted by Crippen LogP contribution is -2.14. The minimum Gasteiger partial charge on any atom is -0.263 e. The van der Waals surface area contributed by atoms with Gasteiger partial charge in [0.1, 0.15) is 11.6 Å². The van der Waals surface area contributed by atoms with Gasteiger partial charge in [0.05, 0.1) is 4.90 Å². The molecule has 0 amide bonds. The van der Waals surface area contributed by atoms with Crippen LogP contribution in [0, 0.1) is 0 Å². The van der Waals surface area contributed by atoms with Crippen LogP contribution >= 0.6 is 0 Å². The van der Waals surface area contributed by atoms with E-state index in [1.165, 1.54) is 0 Å². The van der Waals surface area contributed by atoms with Gasteiger partial charge in [0.2, 0.25) is 0 Å². The Balaban J connectivity index is 1.56. The van der Waals surface area contributed by atoms with Crippen LogP contribution in [0.1, 0.15) is 24.6 Å². The minimum atomic E-state index is -3.67. The van der Waals surface area contributed by atoms with Gasteiger partial charge in [-0.2, -0.15) is 0 Å². The van der Waals surface area contributed by atoms with Gasteiger partial charge in [0.25, 0.3) is 10.0 Å². The van der Waals surface area contributed by atoms with Gasteiger partial charge >= 0.3 is 0 Å². The molecule has 0 aliphatic heterocycles. The molecular formula is C19H17N3O2S. The predicted molar refractivity (Wildman–Crippen MR) is 96.7 cm³/mol. The average molecular weight is 351 g/mol. The summed E-state index contributed by atoms with van der Waals surface area (Å²) in [5, 5.41) is 0. The highest BCUT2D eigenvalue weighted by atomic mass is 32.2. The maximum Gasteiger partial charge on any atom is 0.263 e. The van der Waals surface area contributed by atoms with E-state index in [4.69, 9.17) is 0 Å². The Kier molecular flexibility index (Phi) is 3.97. The fourth-order valence-electron chi connectivity index (χ4n) is 2.62. The SMILES string of the molecule is O=S(=O)(Nc1ccnc(C2CC2)n1)c1ccc(-c2ccccc2)cc1. The number of anilines is 1. The maximum absolute atomic E-state index is 12.6. The van der Waals surface area contributed by atoms with Crippen molar-refractivity contribution in [3.05, 3.63) is 72.7 Å². The highest BCUT2D eigenvalue weighted by molar-refractivity contribution is 7.92. The van der Waals surface area contributed by atoms with E-state index in [0.717, 1.165) is 24.0 Å². The van der Waals surface area contributed by atoms with Gasteiger partial charge in [0.15, 0.2) is 0 Å². The maximum atomic E-state index is 12.6. The van der Waals surface area contributed by atoms with E-state index in [9.17, 15) is 8.42 Å². The summed E-state index contributed by atoms with van der Waals surface area (Å²) in [6, 6.07) is 18.2. The van der Waals surface area contributed by atoms with Crippen LogP contribution in [0.5, 0.6) is 0 Å². The van der Waals surface area contributed by atoms with Gasteiger partial charge in [-0.3, -0.25) is 4.72 Å². The topological polar surface area (TPSA) is 72.0 Å². The molecule has 6 heteroatoms. The zero-order valence-corrected chi connectivity index (χ0v) is 14.3. The summed E-state index contributed by atoms with van der Waals surface area (Å²) in [5.41, 5.74) is 2.02. The minimum absolute atomic E-state index is 0.207. The Hall–Kier alpha value is -2.73. The Morgan fingerprint density at radius 3 is 2.24 bits per heavy atom. The van der Waals surface area contributed by atoms with Gasteiger partial charge < -0.3 is 0 Å². The molecule has 0 bridgehead atoms. The van der Waals surface area contributed by atoms with Gasteiger partial charge in [-0.1, -0.05) is 42.5 Å². The van der Waals surface area contributed by atoms with Crippen molar-refractivity contribution in [3.63, 3.8) is 0 Å². The molecule has 4 rings (SSSR count). The summed E-state index contributed by atoms with van der Waals surface area (Å²) in [5.74, 6) is 1.39. The second-order valence-corrected chi connectivity index (χ2v) is 7.75. The van der Waals surface area contributed by atoms with Crippen LogP contribution in [0.2, 0.25) is 0 Å². The molecule has 3 aromatic rings. The third-order valence-corrected chi connectivity index (χ3v) is 5.50. The van der Waals surface area contributed by atoms with E-state index in [0.29, 0.717) is 17.6 Å². The molecule has 0 spiro atoms. The Morgan fingerprint density at radius 2 is 1.56 bits per heavy atom. The van der Waals surface area contributed by atoms with Gasteiger partial charge in [-0.15, -0.1) is 0 Å². The highest BCUT2D eigenvalue weighted by Crippen LogP contribution is 2.38. The third kappa shape index (κ3) is 3.53. The molecule has 1 N–H and O–H groups in total. The summed E-state index contributed by atoms with van der Waals surface area (Å²) in [7, 11) is -3.67. The molecule has 0 unspecified atom stereocenters. The van der Waals surface area contributed by atoms with E-state index in [2.05, 4.69) is 14.7 Å². The normalized spacial score (nSPS) is 14.2. The molecule has 126 valence electrons. The van der Waals surface area contributed by atoms with Crippen LogP contribution in [-0.4, -0.2) is 18.4 Å². The molecule has 0 atom stereocenters. The Morgan fingerprint density at radius 1 is 0.880 bits per heavy atom. The second-order valence-electron chi connectivity index (χ2n) is 6.07. The molecule has 0 radical (unpaired) electrons. The molecule has 1 aliphatic rings.